The van der Waals surface area contributed by atoms with E-state index in [1.165, 1.54) is 4.31 Å². The molecule has 1 aliphatic rings. The fourth-order valence-electron chi connectivity index (χ4n) is 1.51. The van der Waals surface area contributed by atoms with Crippen LogP contribution in [0.4, 0.5) is 0 Å². The van der Waals surface area contributed by atoms with Gasteiger partial charge in [-0.15, -0.1) is 0 Å². The summed E-state index contributed by atoms with van der Waals surface area (Å²) in [6, 6.07) is 6.93. The summed E-state index contributed by atoms with van der Waals surface area (Å²) in [5.41, 5.74) is 0.942. The second-order valence-electron chi connectivity index (χ2n) is 4.06. The fraction of sp³-hybridized carbons (Fsp3) is 0.455. The lowest BCUT2D eigenvalue weighted by Gasteiger charge is -2.16. The Labute approximate surface area is 95.9 Å². The molecule has 0 bridgehead atoms. The molecule has 0 amide bonds. The van der Waals surface area contributed by atoms with Gasteiger partial charge in [0.15, 0.2) is 0 Å². The van der Waals surface area contributed by atoms with Gasteiger partial charge in [0.1, 0.15) is 0 Å². The van der Waals surface area contributed by atoms with Crippen molar-refractivity contribution in [3.05, 3.63) is 29.8 Å². The number of nitrogens with zero attached hydrogens (tertiary/aromatic N) is 1. The second-order valence-corrected chi connectivity index (χ2v) is 6.10. The van der Waals surface area contributed by atoms with Crippen molar-refractivity contribution in [2.45, 2.75) is 17.9 Å². The smallest absolute Gasteiger partial charge is 0.242 e. The number of likely N-dealkylation sites (N-methyl/N-ethyl adjacent to an activating group) is 1. The van der Waals surface area contributed by atoms with Crippen LogP contribution in [0.5, 0.6) is 0 Å². The first-order valence-electron chi connectivity index (χ1n) is 5.15. The number of benzene rings is 1. The molecule has 5 heteroatoms. The summed E-state index contributed by atoms with van der Waals surface area (Å²) in [5, 5.41) is 0. The summed E-state index contributed by atoms with van der Waals surface area (Å²) >= 11 is 0. The van der Waals surface area contributed by atoms with Crippen LogP contribution in [0.3, 0.4) is 0 Å². The molecule has 88 valence electrons. The van der Waals surface area contributed by atoms with Crippen LogP contribution in [-0.4, -0.2) is 39.0 Å². The van der Waals surface area contributed by atoms with Crippen LogP contribution in [0.15, 0.2) is 29.2 Å². The standard InChI is InChI=1S/C11H15NO3S/c1-9-4-3-5-11(6-9)16(13,14)12(2)7-10-8-15-10/h3-6,10H,7-8H2,1-2H3. The van der Waals surface area contributed by atoms with Gasteiger partial charge < -0.3 is 4.74 Å². The number of hydrogen-bond donors (Lipinski definition) is 0. The summed E-state index contributed by atoms with van der Waals surface area (Å²) in [4.78, 5) is 0.343. The SMILES string of the molecule is Cc1cccc(S(=O)(=O)N(C)CC2CO2)c1. The highest BCUT2D eigenvalue weighted by atomic mass is 32.2. The van der Waals surface area contributed by atoms with E-state index in [-0.39, 0.29) is 6.10 Å². The molecule has 16 heavy (non-hydrogen) atoms. The molecule has 0 spiro atoms. The highest BCUT2D eigenvalue weighted by Gasteiger charge is 2.30. The van der Waals surface area contributed by atoms with Crippen molar-refractivity contribution in [3.8, 4) is 0 Å². The summed E-state index contributed by atoms with van der Waals surface area (Å²) < 4.78 is 30.6. The van der Waals surface area contributed by atoms with Crippen molar-refractivity contribution < 1.29 is 13.2 Å². The van der Waals surface area contributed by atoms with Crippen LogP contribution in [-0.2, 0) is 14.8 Å². The first-order chi connectivity index (χ1) is 7.50. The van der Waals surface area contributed by atoms with Crippen LogP contribution in [0.25, 0.3) is 0 Å². The van der Waals surface area contributed by atoms with Gasteiger partial charge in [-0.2, -0.15) is 4.31 Å². The maximum absolute atomic E-state index is 12.1. The lowest BCUT2D eigenvalue weighted by Crippen LogP contribution is -2.30. The third-order valence-corrected chi connectivity index (χ3v) is 4.38. The summed E-state index contributed by atoms with van der Waals surface area (Å²) in [5.74, 6) is 0. The fourth-order valence-corrected chi connectivity index (χ4v) is 2.82. The molecule has 4 nitrogen and oxygen atoms in total. The van der Waals surface area contributed by atoms with E-state index in [4.69, 9.17) is 4.74 Å². The van der Waals surface area contributed by atoms with E-state index in [1.54, 1.807) is 25.2 Å². The normalized spacial score (nSPS) is 20.1. The number of sulfonamides is 1. The van der Waals surface area contributed by atoms with Gasteiger partial charge in [0.25, 0.3) is 0 Å². The summed E-state index contributed by atoms with van der Waals surface area (Å²) in [6.45, 7) is 2.97. The molecule has 0 aromatic heterocycles. The zero-order chi connectivity index (χ0) is 11.8. The Hall–Kier alpha value is -0.910. The van der Waals surface area contributed by atoms with Crippen molar-refractivity contribution in [2.24, 2.45) is 0 Å². The average molecular weight is 241 g/mol. The van der Waals surface area contributed by atoms with Crippen molar-refractivity contribution >= 4 is 10.0 Å². The first-order valence-corrected chi connectivity index (χ1v) is 6.59. The molecular weight excluding hydrogens is 226 g/mol. The molecule has 1 atom stereocenters. The predicted molar refractivity (Wildman–Crippen MR) is 60.7 cm³/mol. The van der Waals surface area contributed by atoms with Crippen LogP contribution in [0.1, 0.15) is 5.56 Å². The quantitative estimate of drug-likeness (QED) is 0.739. The van der Waals surface area contributed by atoms with Crippen LogP contribution < -0.4 is 0 Å². The van der Waals surface area contributed by atoms with E-state index in [2.05, 4.69) is 0 Å². The van der Waals surface area contributed by atoms with Gasteiger partial charge in [0.2, 0.25) is 10.0 Å². The highest BCUT2D eigenvalue weighted by molar-refractivity contribution is 7.89. The van der Waals surface area contributed by atoms with E-state index in [9.17, 15) is 8.42 Å². The zero-order valence-corrected chi connectivity index (χ0v) is 10.2. The third-order valence-electron chi connectivity index (χ3n) is 2.56. The van der Waals surface area contributed by atoms with E-state index in [0.717, 1.165) is 5.56 Å². The minimum Gasteiger partial charge on any atom is -0.372 e. The van der Waals surface area contributed by atoms with Crippen molar-refractivity contribution in [2.75, 3.05) is 20.2 Å². The molecule has 1 unspecified atom stereocenters. The van der Waals surface area contributed by atoms with E-state index in [1.807, 2.05) is 13.0 Å². The monoisotopic (exact) mass is 241 g/mol. The molecule has 0 N–H and O–H groups in total. The highest BCUT2D eigenvalue weighted by Crippen LogP contribution is 2.18. The molecule has 1 aliphatic heterocycles. The Morgan fingerprint density at radius 2 is 2.19 bits per heavy atom. The number of epoxide rings is 1. The predicted octanol–water partition coefficient (Wildman–Crippen LogP) is 1.01. The minimum absolute atomic E-state index is 0.0737. The number of ether oxygens (including phenoxy) is 1. The number of hydrogen-bond acceptors (Lipinski definition) is 3. The molecule has 2 rings (SSSR count). The number of aryl methyl sites for hydroxylation is 1. The first kappa shape index (κ1) is 11.6. The molecule has 0 saturated carbocycles. The zero-order valence-electron chi connectivity index (χ0n) is 9.38. The Bertz CT molecular complexity index is 480. The van der Waals surface area contributed by atoms with Crippen molar-refractivity contribution in [1.29, 1.82) is 0 Å². The maximum Gasteiger partial charge on any atom is 0.242 e. The minimum atomic E-state index is -3.36. The lowest BCUT2D eigenvalue weighted by molar-refractivity contribution is 0.359. The largest absolute Gasteiger partial charge is 0.372 e. The number of rotatable bonds is 4. The lowest BCUT2D eigenvalue weighted by atomic mass is 10.2. The van der Waals surface area contributed by atoms with E-state index < -0.39 is 10.0 Å². The molecule has 1 heterocycles. The van der Waals surface area contributed by atoms with Crippen molar-refractivity contribution in [1.82, 2.24) is 4.31 Å². The van der Waals surface area contributed by atoms with Crippen LogP contribution >= 0.6 is 0 Å². The van der Waals surface area contributed by atoms with Gasteiger partial charge >= 0.3 is 0 Å². The van der Waals surface area contributed by atoms with Gasteiger partial charge in [0.05, 0.1) is 17.6 Å². The maximum atomic E-state index is 12.1. The Morgan fingerprint density at radius 1 is 1.50 bits per heavy atom. The van der Waals surface area contributed by atoms with Gasteiger partial charge in [-0.25, -0.2) is 8.42 Å². The molecule has 1 aromatic rings. The van der Waals surface area contributed by atoms with Gasteiger partial charge in [-0.1, -0.05) is 12.1 Å². The molecule has 1 aromatic carbocycles. The topological polar surface area (TPSA) is 49.9 Å². The van der Waals surface area contributed by atoms with Gasteiger partial charge in [-0.3, -0.25) is 0 Å². The molecule has 1 fully saturated rings. The molecule has 0 radical (unpaired) electrons. The van der Waals surface area contributed by atoms with Crippen molar-refractivity contribution in [3.63, 3.8) is 0 Å². The molecular formula is C11H15NO3S. The summed E-state index contributed by atoms with van der Waals surface area (Å²) in [7, 11) is -1.78. The average Bonchev–Trinajstić information content (AvgIpc) is 3.01. The van der Waals surface area contributed by atoms with Gasteiger partial charge in [-0.05, 0) is 24.6 Å². The van der Waals surface area contributed by atoms with E-state index >= 15 is 0 Å². The van der Waals surface area contributed by atoms with E-state index in [0.29, 0.717) is 18.0 Å². The third kappa shape index (κ3) is 2.42. The molecule has 1 saturated heterocycles. The Balaban J connectivity index is 2.23. The summed E-state index contributed by atoms with van der Waals surface area (Å²) in [6.07, 6.45) is 0.0737. The molecule has 0 aliphatic carbocycles. The van der Waals surface area contributed by atoms with Crippen LogP contribution in [0, 0.1) is 6.92 Å². The van der Waals surface area contributed by atoms with Gasteiger partial charge in [0, 0.05) is 13.6 Å². The second kappa shape index (κ2) is 4.16. The Morgan fingerprint density at radius 3 is 2.75 bits per heavy atom. The Kier molecular flexibility index (Phi) is 3.01. The van der Waals surface area contributed by atoms with Crippen LogP contribution in [0.2, 0.25) is 0 Å².